The Labute approximate surface area is 135 Å². The zero-order valence-corrected chi connectivity index (χ0v) is 13.5. The fraction of sp³-hybridized carbons (Fsp3) is 0. The lowest BCUT2D eigenvalue weighted by Crippen LogP contribution is -1.90. The standard InChI is InChI=1S/C14H6BrClFN3S/c15-8-5-21-13-11(19-14(16)20-12(8)13)6-1-2-9(17)10-7(6)3-4-18-10/h1-5,18H. The van der Waals surface area contributed by atoms with Crippen molar-refractivity contribution >= 4 is 60.0 Å². The molecule has 0 fully saturated rings. The van der Waals surface area contributed by atoms with Gasteiger partial charge in [-0.1, -0.05) is 0 Å². The lowest BCUT2D eigenvalue weighted by atomic mass is 10.1. The summed E-state index contributed by atoms with van der Waals surface area (Å²) in [5, 5.41) is 2.89. The van der Waals surface area contributed by atoms with Crippen molar-refractivity contribution in [3.63, 3.8) is 0 Å². The predicted octanol–water partition coefficient (Wildman–Crippen LogP) is 5.39. The smallest absolute Gasteiger partial charge is 0.223 e. The van der Waals surface area contributed by atoms with Crippen LogP contribution in [0.15, 0.2) is 34.2 Å². The molecule has 0 saturated heterocycles. The van der Waals surface area contributed by atoms with Gasteiger partial charge in [0.05, 0.1) is 20.4 Å². The Hall–Kier alpha value is -1.50. The van der Waals surface area contributed by atoms with E-state index >= 15 is 0 Å². The zero-order valence-electron chi connectivity index (χ0n) is 10.3. The first kappa shape index (κ1) is 13.2. The molecule has 0 unspecified atom stereocenters. The van der Waals surface area contributed by atoms with Crippen molar-refractivity contribution in [2.24, 2.45) is 0 Å². The van der Waals surface area contributed by atoms with Crippen molar-refractivity contribution in [1.82, 2.24) is 15.0 Å². The molecule has 0 bridgehead atoms. The van der Waals surface area contributed by atoms with E-state index in [1.165, 1.54) is 17.4 Å². The Kier molecular flexibility index (Phi) is 2.99. The summed E-state index contributed by atoms with van der Waals surface area (Å²) in [6.07, 6.45) is 1.71. The number of halogens is 3. The number of aromatic nitrogens is 3. The maximum Gasteiger partial charge on any atom is 0.223 e. The minimum Gasteiger partial charge on any atom is -0.359 e. The van der Waals surface area contributed by atoms with E-state index in [0.717, 1.165) is 25.6 Å². The SMILES string of the molecule is Fc1ccc(-c2nc(Cl)nc3c(Br)csc23)c2cc[nH]c12. The molecule has 1 aromatic carbocycles. The lowest BCUT2D eigenvalue weighted by Gasteiger charge is -2.06. The van der Waals surface area contributed by atoms with Crippen LogP contribution in [0.2, 0.25) is 5.28 Å². The van der Waals surface area contributed by atoms with Crippen LogP contribution in [0.3, 0.4) is 0 Å². The minimum absolute atomic E-state index is 0.171. The Morgan fingerprint density at radius 1 is 1.24 bits per heavy atom. The average Bonchev–Trinajstić information content (AvgIpc) is 3.07. The number of fused-ring (bicyclic) bond motifs is 2. The van der Waals surface area contributed by atoms with E-state index in [-0.39, 0.29) is 11.1 Å². The number of nitrogens with one attached hydrogen (secondary N) is 1. The first-order chi connectivity index (χ1) is 10.1. The molecule has 3 heterocycles. The molecule has 104 valence electrons. The Morgan fingerprint density at radius 2 is 2.10 bits per heavy atom. The minimum atomic E-state index is -0.289. The number of H-pyrrole nitrogens is 1. The highest BCUT2D eigenvalue weighted by molar-refractivity contribution is 9.10. The maximum absolute atomic E-state index is 13.8. The highest BCUT2D eigenvalue weighted by atomic mass is 79.9. The quantitative estimate of drug-likeness (QED) is 0.448. The molecule has 0 radical (unpaired) electrons. The van der Waals surface area contributed by atoms with Crippen LogP contribution in [-0.4, -0.2) is 15.0 Å². The number of hydrogen-bond acceptors (Lipinski definition) is 3. The molecule has 0 amide bonds. The highest BCUT2D eigenvalue weighted by Crippen LogP contribution is 2.38. The van der Waals surface area contributed by atoms with Crippen LogP contribution in [0.5, 0.6) is 0 Å². The third-order valence-electron chi connectivity index (χ3n) is 3.27. The molecule has 0 aliphatic rings. The molecule has 0 saturated carbocycles. The van der Waals surface area contributed by atoms with Crippen LogP contribution in [0.1, 0.15) is 0 Å². The van der Waals surface area contributed by atoms with Gasteiger partial charge in [-0.15, -0.1) is 11.3 Å². The van der Waals surface area contributed by atoms with E-state index in [1.807, 2.05) is 11.4 Å². The first-order valence-corrected chi connectivity index (χ1v) is 8.06. The predicted molar refractivity (Wildman–Crippen MR) is 87.4 cm³/mol. The van der Waals surface area contributed by atoms with Crippen LogP contribution >= 0.6 is 38.9 Å². The number of rotatable bonds is 1. The molecular formula is C14H6BrClFN3S. The number of thiophene rings is 1. The summed E-state index contributed by atoms with van der Waals surface area (Å²) < 4.78 is 15.6. The molecule has 0 atom stereocenters. The molecule has 7 heteroatoms. The van der Waals surface area contributed by atoms with Gasteiger partial charge in [0.2, 0.25) is 5.28 Å². The number of nitrogens with zero attached hydrogens (tertiary/aromatic N) is 2. The fourth-order valence-corrected chi connectivity index (χ4v) is 4.11. The molecule has 3 aromatic heterocycles. The fourth-order valence-electron chi connectivity index (χ4n) is 2.37. The van der Waals surface area contributed by atoms with Gasteiger partial charge >= 0.3 is 0 Å². The van der Waals surface area contributed by atoms with E-state index in [9.17, 15) is 4.39 Å². The van der Waals surface area contributed by atoms with Crippen LogP contribution < -0.4 is 0 Å². The molecule has 0 aliphatic carbocycles. The molecule has 3 nitrogen and oxygen atoms in total. The van der Waals surface area contributed by atoms with Crippen LogP contribution in [0, 0.1) is 5.82 Å². The third kappa shape index (κ3) is 1.97. The van der Waals surface area contributed by atoms with Gasteiger partial charge in [-0.2, -0.15) is 0 Å². The van der Waals surface area contributed by atoms with E-state index in [2.05, 4.69) is 30.9 Å². The summed E-state index contributed by atoms with van der Waals surface area (Å²) in [5.41, 5.74) is 2.77. The molecule has 1 N–H and O–H groups in total. The van der Waals surface area contributed by atoms with E-state index in [4.69, 9.17) is 11.6 Å². The topological polar surface area (TPSA) is 41.6 Å². The molecule has 0 spiro atoms. The number of benzene rings is 1. The van der Waals surface area contributed by atoms with Crippen LogP contribution in [0.4, 0.5) is 4.39 Å². The number of aromatic amines is 1. The second-order valence-corrected chi connectivity index (χ2v) is 6.54. The lowest BCUT2D eigenvalue weighted by molar-refractivity contribution is 0.637. The van der Waals surface area contributed by atoms with Crippen LogP contribution in [-0.2, 0) is 0 Å². The molecule has 0 aliphatic heterocycles. The summed E-state index contributed by atoms with van der Waals surface area (Å²) in [5.74, 6) is -0.289. The van der Waals surface area contributed by atoms with Crippen molar-refractivity contribution in [2.75, 3.05) is 0 Å². The third-order valence-corrected chi connectivity index (χ3v) is 5.32. The molecular weight excluding hydrogens is 377 g/mol. The summed E-state index contributed by atoms with van der Waals surface area (Å²) in [6, 6.07) is 4.98. The normalized spacial score (nSPS) is 11.6. The summed E-state index contributed by atoms with van der Waals surface area (Å²) >= 11 is 11.0. The summed E-state index contributed by atoms with van der Waals surface area (Å²) in [7, 11) is 0. The molecule has 4 rings (SSSR count). The van der Waals surface area contributed by atoms with E-state index < -0.39 is 0 Å². The summed E-state index contributed by atoms with van der Waals surface area (Å²) in [6.45, 7) is 0. The van der Waals surface area contributed by atoms with Crippen molar-refractivity contribution in [3.8, 4) is 11.3 Å². The van der Waals surface area contributed by atoms with Gasteiger partial charge in [0, 0.05) is 22.5 Å². The molecule has 21 heavy (non-hydrogen) atoms. The van der Waals surface area contributed by atoms with E-state index in [0.29, 0.717) is 11.2 Å². The monoisotopic (exact) mass is 381 g/mol. The Bertz CT molecular complexity index is 995. The van der Waals surface area contributed by atoms with Gasteiger partial charge in [-0.25, -0.2) is 14.4 Å². The van der Waals surface area contributed by atoms with Gasteiger partial charge in [-0.3, -0.25) is 0 Å². The van der Waals surface area contributed by atoms with Gasteiger partial charge in [0.25, 0.3) is 0 Å². The average molecular weight is 383 g/mol. The Morgan fingerprint density at radius 3 is 2.95 bits per heavy atom. The van der Waals surface area contributed by atoms with Gasteiger partial charge in [0.15, 0.2) is 0 Å². The largest absolute Gasteiger partial charge is 0.359 e. The van der Waals surface area contributed by atoms with Gasteiger partial charge in [0.1, 0.15) is 11.3 Å². The first-order valence-electron chi connectivity index (χ1n) is 6.01. The van der Waals surface area contributed by atoms with Crippen molar-refractivity contribution in [3.05, 3.63) is 45.3 Å². The highest BCUT2D eigenvalue weighted by Gasteiger charge is 2.16. The van der Waals surface area contributed by atoms with Gasteiger partial charge < -0.3 is 4.98 Å². The number of hydrogen-bond donors (Lipinski definition) is 1. The Balaban J connectivity index is 2.14. The van der Waals surface area contributed by atoms with Gasteiger partial charge in [-0.05, 0) is 45.7 Å². The molecule has 4 aromatic rings. The second kappa shape index (κ2) is 4.76. The van der Waals surface area contributed by atoms with Crippen LogP contribution in [0.25, 0.3) is 32.4 Å². The van der Waals surface area contributed by atoms with Crippen molar-refractivity contribution in [2.45, 2.75) is 0 Å². The maximum atomic E-state index is 13.8. The summed E-state index contributed by atoms with van der Waals surface area (Å²) in [4.78, 5) is 11.5. The van der Waals surface area contributed by atoms with Crippen molar-refractivity contribution in [1.29, 1.82) is 0 Å². The second-order valence-electron chi connectivity index (χ2n) is 4.46. The van der Waals surface area contributed by atoms with E-state index in [1.54, 1.807) is 12.3 Å². The zero-order chi connectivity index (χ0) is 14.6. The van der Waals surface area contributed by atoms with Crippen molar-refractivity contribution < 1.29 is 4.39 Å².